The summed E-state index contributed by atoms with van der Waals surface area (Å²) in [6.45, 7) is 0.150. The SMILES string of the molecule is COc1ccccc1OCC(=O)NCCc1ccc(F)c(F)c1. The van der Waals surface area contributed by atoms with E-state index in [1.807, 2.05) is 0 Å². The molecule has 0 atom stereocenters. The van der Waals surface area contributed by atoms with Gasteiger partial charge in [0.25, 0.3) is 5.91 Å². The van der Waals surface area contributed by atoms with Crippen molar-refractivity contribution in [2.24, 2.45) is 0 Å². The zero-order valence-electron chi connectivity index (χ0n) is 12.6. The zero-order chi connectivity index (χ0) is 16.7. The number of ether oxygens (including phenoxy) is 2. The predicted octanol–water partition coefficient (Wildman–Crippen LogP) is 2.71. The zero-order valence-corrected chi connectivity index (χ0v) is 12.6. The first-order valence-electron chi connectivity index (χ1n) is 7.06. The summed E-state index contributed by atoms with van der Waals surface area (Å²) in [5.41, 5.74) is 0.606. The van der Waals surface area contributed by atoms with Crippen molar-refractivity contribution in [2.45, 2.75) is 6.42 Å². The molecule has 1 amide bonds. The molecule has 0 unspecified atom stereocenters. The lowest BCUT2D eigenvalue weighted by Crippen LogP contribution is -2.30. The molecule has 6 heteroatoms. The number of hydrogen-bond acceptors (Lipinski definition) is 3. The summed E-state index contributed by atoms with van der Waals surface area (Å²) in [5.74, 6) is -1.07. The third-order valence-corrected chi connectivity index (χ3v) is 3.15. The summed E-state index contributed by atoms with van der Waals surface area (Å²) in [7, 11) is 1.52. The van der Waals surface area contributed by atoms with Crippen LogP contribution in [0.4, 0.5) is 8.78 Å². The first-order chi connectivity index (χ1) is 11.1. The maximum Gasteiger partial charge on any atom is 0.257 e. The van der Waals surface area contributed by atoms with E-state index in [9.17, 15) is 13.6 Å². The number of hydrogen-bond donors (Lipinski definition) is 1. The maximum absolute atomic E-state index is 13.1. The molecule has 0 saturated heterocycles. The summed E-state index contributed by atoms with van der Waals surface area (Å²) in [4.78, 5) is 11.7. The van der Waals surface area contributed by atoms with Crippen molar-refractivity contribution in [3.05, 3.63) is 59.7 Å². The van der Waals surface area contributed by atoms with Crippen molar-refractivity contribution in [1.82, 2.24) is 5.32 Å². The molecule has 0 spiro atoms. The van der Waals surface area contributed by atoms with Crippen molar-refractivity contribution in [1.29, 1.82) is 0 Å². The number of carbonyl (C=O) groups excluding carboxylic acids is 1. The van der Waals surface area contributed by atoms with Gasteiger partial charge in [-0.2, -0.15) is 0 Å². The summed E-state index contributed by atoms with van der Waals surface area (Å²) < 4.78 is 36.3. The number of halogens is 2. The van der Waals surface area contributed by atoms with Crippen LogP contribution in [0.15, 0.2) is 42.5 Å². The molecule has 0 aliphatic rings. The molecule has 4 nitrogen and oxygen atoms in total. The summed E-state index contributed by atoms with van der Waals surface area (Å²) in [5, 5.41) is 2.65. The molecule has 1 N–H and O–H groups in total. The Hall–Kier alpha value is -2.63. The maximum atomic E-state index is 13.1. The van der Waals surface area contributed by atoms with E-state index in [-0.39, 0.29) is 12.5 Å². The minimum absolute atomic E-state index is 0.155. The highest BCUT2D eigenvalue weighted by molar-refractivity contribution is 5.77. The number of methoxy groups -OCH3 is 1. The van der Waals surface area contributed by atoms with Crippen LogP contribution in [0.2, 0.25) is 0 Å². The smallest absolute Gasteiger partial charge is 0.257 e. The van der Waals surface area contributed by atoms with Crippen molar-refractivity contribution in [3.63, 3.8) is 0 Å². The van der Waals surface area contributed by atoms with Gasteiger partial charge >= 0.3 is 0 Å². The standard InChI is InChI=1S/C17H17F2NO3/c1-22-15-4-2-3-5-16(15)23-11-17(21)20-9-8-12-6-7-13(18)14(19)10-12/h2-7,10H,8-9,11H2,1H3,(H,20,21). The third kappa shape index (κ3) is 4.95. The lowest BCUT2D eigenvalue weighted by molar-refractivity contribution is -0.123. The van der Waals surface area contributed by atoms with Gasteiger partial charge in [0.2, 0.25) is 0 Å². The molecule has 2 rings (SSSR count). The lowest BCUT2D eigenvalue weighted by Gasteiger charge is -2.10. The van der Waals surface area contributed by atoms with Crippen LogP contribution in [0.3, 0.4) is 0 Å². The molecule has 0 bridgehead atoms. The van der Waals surface area contributed by atoms with Gasteiger partial charge in [-0.05, 0) is 36.2 Å². The third-order valence-electron chi connectivity index (χ3n) is 3.15. The van der Waals surface area contributed by atoms with Crippen LogP contribution in [-0.2, 0) is 11.2 Å². The van der Waals surface area contributed by atoms with E-state index in [0.717, 1.165) is 12.1 Å². The average molecular weight is 321 g/mol. The number of benzene rings is 2. The Morgan fingerprint density at radius 3 is 2.52 bits per heavy atom. The number of amides is 1. The van der Waals surface area contributed by atoms with Gasteiger partial charge in [-0.25, -0.2) is 8.78 Å². The van der Waals surface area contributed by atoms with Gasteiger partial charge < -0.3 is 14.8 Å². The van der Waals surface area contributed by atoms with E-state index in [1.165, 1.54) is 13.2 Å². The number of nitrogens with one attached hydrogen (secondary N) is 1. The Balaban J connectivity index is 1.76. The molecule has 2 aromatic rings. The van der Waals surface area contributed by atoms with E-state index >= 15 is 0 Å². The molecule has 0 heterocycles. The van der Waals surface area contributed by atoms with Crippen LogP contribution < -0.4 is 14.8 Å². The van der Waals surface area contributed by atoms with Crippen LogP contribution in [-0.4, -0.2) is 26.2 Å². The highest BCUT2D eigenvalue weighted by Crippen LogP contribution is 2.25. The Morgan fingerprint density at radius 1 is 1.09 bits per heavy atom. The monoisotopic (exact) mass is 321 g/mol. The second-order valence-corrected chi connectivity index (χ2v) is 4.79. The van der Waals surface area contributed by atoms with Crippen LogP contribution in [0.5, 0.6) is 11.5 Å². The van der Waals surface area contributed by atoms with Gasteiger partial charge in [-0.15, -0.1) is 0 Å². The Morgan fingerprint density at radius 2 is 1.83 bits per heavy atom. The van der Waals surface area contributed by atoms with Crippen LogP contribution >= 0.6 is 0 Å². The number of para-hydroxylation sites is 2. The molecule has 2 aromatic carbocycles. The molecule has 122 valence electrons. The number of carbonyl (C=O) groups is 1. The fourth-order valence-corrected chi connectivity index (χ4v) is 1.97. The fraction of sp³-hybridized carbons (Fsp3) is 0.235. The van der Waals surface area contributed by atoms with Gasteiger partial charge in [0.15, 0.2) is 29.7 Å². The molecule has 0 radical (unpaired) electrons. The minimum Gasteiger partial charge on any atom is -0.493 e. The normalized spacial score (nSPS) is 10.2. The molecular formula is C17H17F2NO3. The topological polar surface area (TPSA) is 47.6 Å². The Bertz CT molecular complexity index is 677. The molecule has 0 aliphatic carbocycles. The van der Waals surface area contributed by atoms with Gasteiger partial charge in [0, 0.05) is 6.54 Å². The van der Waals surface area contributed by atoms with E-state index < -0.39 is 11.6 Å². The first kappa shape index (κ1) is 16.7. The van der Waals surface area contributed by atoms with E-state index in [1.54, 1.807) is 24.3 Å². The summed E-state index contributed by atoms with van der Waals surface area (Å²) in [6, 6.07) is 10.7. The van der Waals surface area contributed by atoms with E-state index in [0.29, 0.717) is 30.0 Å². The minimum atomic E-state index is -0.895. The highest BCUT2D eigenvalue weighted by atomic mass is 19.2. The van der Waals surface area contributed by atoms with Gasteiger partial charge in [-0.1, -0.05) is 18.2 Å². The molecule has 0 aliphatic heterocycles. The largest absolute Gasteiger partial charge is 0.493 e. The second kappa shape index (κ2) is 8.12. The van der Waals surface area contributed by atoms with Crippen molar-refractivity contribution < 1.29 is 23.0 Å². The van der Waals surface area contributed by atoms with Crippen molar-refractivity contribution >= 4 is 5.91 Å². The highest BCUT2D eigenvalue weighted by Gasteiger charge is 2.07. The second-order valence-electron chi connectivity index (χ2n) is 4.79. The van der Waals surface area contributed by atoms with Crippen LogP contribution in [0, 0.1) is 11.6 Å². The quantitative estimate of drug-likeness (QED) is 0.853. The summed E-state index contributed by atoms with van der Waals surface area (Å²) in [6.07, 6.45) is 0.400. The van der Waals surface area contributed by atoms with Crippen LogP contribution in [0.1, 0.15) is 5.56 Å². The molecule has 0 fully saturated rings. The van der Waals surface area contributed by atoms with Gasteiger partial charge in [0.05, 0.1) is 7.11 Å². The van der Waals surface area contributed by atoms with E-state index in [2.05, 4.69) is 5.32 Å². The van der Waals surface area contributed by atoms with Gasteiger partial charge in [-0.3, -0.25) is 4.79 Å². The van der Waals surface area contributed by atoms with Gasteiger partial charge in [0.1, 0.15) is 0 Å². The molecule has 0 aromatic heterocycles. The fourth-order valence-electron chi connectivity index (χ4n) is 1.97. The predicted molar refractivity (Wildman–Crippen MR) is 81.6 cm³/mol. The molecule has 23 heavy (non-hydrogen) atoms. The molecular weight excluding hydrogens is 304 g/mol. The Kier molecular flexibility index (Phi) is 5.91. The van der Waals surface area contributed by atoms with E-state index in [4.69, 9.17) is 9.47 Å². The van der Waals surface area contributed by atoms with Crippen LogP contribution in [0.25, 0.3) is 0 Å². The molecule has 0 saturated carbocycles. The average Bonchev–Trinajstić information content (AvgIpc) is 2.56. The van der Waals surface area contributed by atoms with Crippen molar-refractivity contribution in [2.75, 3.05) is 20.3 Å². The summed E-state index contributed by atoms with van der Waals surface area (Å²) >= 11 is 0. The first-order valence-corrected chi connectivity index (χ1v) is 7.06. The van der Waals surface area contributed by atoms with Crippen molar-refractivity contribution in [3.8, 4) is 11.5 Å². The Labute approximate surface area is 133 Å². The lowest BCUT2D eigenvalue weighted by atomic mass is 10.1. The number of rotatable bonds is 7.